The third kappa shape index (κ3) is 4.30. The summed E-state index contributed by atoms with van der Waals surface area (Å²) in [5.41, 5.74) is -0.205. The van der Waals surface area contributed by atoms with Crippen molar-refractivity contribution in [1.82, 2.24) is 15.2 Å². The lowest BCUT2D eigenvalue weighted by Gasteiger charge is -2.09. The Hall–Kier alpha value is -2.38. The number of halogens is 3. The standard InChI is InChI=1S/C13H14F3N5/c1-2-7-17-12-20-11(8-18-21-12)19-10-5-3-9(4-6-10)13(14,15)16/h3-6,8H,2,7H2,1H3,(H2,17,19,20,21). The molecule has 0 saturated heterocycles. The Morgan fingerprint density at radius 2 is 1.86 bits per heavy atom. The molecule has 0 aliphatic heterocycles. The summed E-state index contributed by atoms with van der Waals surface area (Å²) in [7, 11) is 0. The van der Waals surface area contributed by atoms with E-state index in [9.17, 15) is 13.2 Å². The maximum atomic E-state index is 12.5. The van der Waals surface area contributed by atoms with E-state index in [1.807, 2.05) is 6.92 Å². The molecule has 1 heterocycles. The van der Waals surface area contributed by atoms with Gasteiger partial charge in [-0.1, -0.05) is 6.92 Å². The van der Waals surface area contributed by atoms with E-state index in [0.717, 1.165) is 18.6 Å². The minimum Gasteiger partial charge on any atom is -0.353 e. The number of hydrogen-bond acceptors (Lipinski definition) is 5. The summed E-state index contributed by atoms with van der Waals surface area (Å²) in [5, 5.41) is 13.4. The lowest BCUT2D eigenvalue weighted by Crippen LogP contribution is -2.07. The molecular weight excluding hydrogens is 283 g/mol. The molecule has 5 nitrogen and oxygen atoms in total. The lowest BCUT2D eigenvalue weighted by molar-refractivity contribution is -0.137. The smallest absolute Gasteiger partial charge is 0.353 e. The Morgan fingerprint density at radius 3 is 2.48 bits per heavy atom. The molecule has 0 bridgehead atoms. The van der Waals surface area contributed by atoms with Crippen LogP contribution in [-0.2, 0) is 6.18 Å². The van der Waals surface area contributed by atoms with Crippen LogP contribution in [0.5, 0.6) is 0 Å². The first-order valence-electron chi connectivity index (χ1n) is 6.37. The summed E-state index contributed by atoms with van der Waals surface area (Å²) in [6.45, 7) is 2.72. The van der Waals surface area contributed by atoms with Crippen molar-refractivity contribution in [2.75, 3.05) is 17.2 Å². The van der Waals surface area contributed by atoms with Crippen molar-refractivity contribution in [1.29, 1.82) is 0 Å². The number of nitrogens with one attached hydrogen (secondary N) is 2. The molecule has 0 unspecified atom stereocenters. The van der Waals surface area contributed by atoms with Gasteiger partial charge in [0.2, 0.25) is 5.95 Å². The molecule has 0 amide bonds. The summed E-state index contributed by atoms with van der Waals surface area (Å²) in [6.07, 6.45) is -2.03. The van der Waals surface area contributed by atoms with Gasteiger partial charge in [-0.2, -0.15) is 23.3 Å². The van der Waals surface area contributed by atoms with E-state index in [4.69, 9.17) is 0 Å². The Balaban J connectivity index is 2.07. The Labute approximate surface area is 119 Å². The summed E-state index contributed by atoms with van der Waals surface area (Å²) in [6, 6.07) is 4.69. The summed E-state index contributed by atoms with van der Waals surface area (Å²) < 4.78 is 37.4. The monoisotopic (exact) mass is 297 g/mol. The first-order valence-corrected chi connectivity index (χ1v) is 6.37. The van der Waals surface area contributed by atoms with Crippen molar-refractivity contribution in [3.05, 3.63) is 36.0 Å². The average Bonchev–Trinajstić information content (AvgIpc) is 2.45. The first-order chi connectivity index (χ1) is 9.99. The van der Waals surface area contributed by atoms with Gasteiger partial charge in [0.15, 0.2) is 5.82 Å². The van der Waals surface area contributed by atoms with Gasteiger partial charge in [-0.25, -0.2) is 0 Å². The number of hydrogen-bond donors (Lipinski definition) is 2. The summed E-state index contributed by atoms with van der Waals surface area (Å²) in [4.78, 5) is 4.16. The van der Waals surface area contributed by atoms with Crippen molar-refractivity contribution >= 4 is 17.5 Å². The van der Waals surface area contributed by atoms with Gasteiger partial charge in [-0.15, -0.1) is 5.10 Å². The fourth-order valence-electron chi connectivity index (χ4n) is 1.57. The SMILES string of the molecule is CCCNc1nncc(Nc2ccc(C(F)(F)F)cc2)n1. The highest BCUT2D eigenvalue weighted by Crippen LogP contribution is 2.30. The molecule has 8 heteroatoms. The molecule has 1 aromatic heterocycles. The predicted octanol–water partition coefficient (Wildman–Crippen LogP) is 3.46. The van der Waals surface area contributed by atoms with Gasteiger partial charge >= 0.3 is 6.18 Å². The molecule has 0 atom stereocenters. The van der Waals surface area contributed by atoms with E-state index in [1.165, 1.54) is 18.3 Å². The van der Waals surface area contributed by atoms with Crippen LogP contribution >= 0.6 is 0 Å². The number of aromatic nitrogens is 3. The first kappa shape index (κ1) is 15.0. The zero-order valence-electron chi connectivity index (χ0n) is 11.3. The topological polar surface area (TPSA) is 62.7 Å². The Morgan fingerprint density at radius 1 is 1.14 bits per heavy atom. The molecule has 2 rings (SSSR count). The number of anilines is 3. The van der Waals surface area contributed by atoms with Crippen LogP contribution in [0.3, 0.4) is 0 Å². The van der Waals surface area contributed by atoms with E-state index >= 15 is 0 Å². The normalized spacial score (nSPS) is 11.2. The van der Waals surface area contributed by atoms with E-state index in [1.54, 1.807) is 0 Å². The van der Waals surface area contributed by atoms with Gasteiger partial charge in [0.1, 0.15) is 0 Å². The second kappa shape index (κ2) is 6.38. The quantitative estimate of drug-likeness (QED) is 0.885. The van der Waals surface area contributed by atoms with Gasteiger partial charge < -0.3 is 10.6 Å². The van der Waals surface area contributed by atoms with Crippen LogP contribution in [-0.4, -0.2) is 21.7 Å². The van der Waals surface area contributed by atoms with E-state index in [2.05, 4.69) is 25.8 Å². The van der Waals surface area contributed by atoms with Crippen molar-refractivity contribution in [3.8, 4) is 0 Å². The van der Waals surface area contributed by atoms with Crippen molar-refractivity contribution < 1.29 is 13.2 Å². The zero-order chi connectivity index (χ0) is 15.3. The minimum atomic E-state index is -4.34. The van der Waals surface area contributed by atoms with Gasteiger partial charge in [-0.05, 0) is 30.7 Å². The number of nitrogens with zero attached hydrogens (tertiary/aromatic N) is 3. The second-order valence-corrected chi connectivity index (χ2v) is 4.29. The van der Waals surface area contributed by atoms with Crippen LogP contribution in [0.25, 0.3) is 0 Å². The molecule has 0 spiro atoms. The maximum Gasteiger partial charge on any atom is 0.416 e. The molecule has 2 N–H and O–H groups in total. The van der Waals surface area contributed by atoms with Crippen LogP contribution in [0.1, 0.15) is 18.9 Å². The fourth-order valence-corrected chi connectivity index (χ4v) is 1.57. The molecule has 2 aromatic rings. The highest BCUT2D eigenvalue weighted by Gasteiger charge is 2.29. The molecule has 21 heavy (non-hydrogen) atoms. The Bertz CT molecular complexity index is 583. The third-order valence-electron chi connectivity index (χ3n) is 2.58. The van der Waals surface area contributed by atoms with Gasteiger partial charge in [0.05, 0.1) is 11.8 Å². The van der Waals surface area contributed by atoms with Crippen molar-refractivity contribution in [2.45, 2.75) is 19.5 Å². The Kier molecular flexibility index (Phi) is 4.56. The van der Waals surface area contributed by atoms with Gasteiger partial charge in [-0.3, -0.25) is 0 Å². The third-order valence-corrected chi connectivity index (χ3v) is 2.58. The largest absolute Gasteiger partial charge is 0.416 e. The van der Waals surface area contributed by atoms with Crippen LogP contribution in [0.15, 0.2) is 30.5 Å². The maximum absolute atomic E-state index is 12.5. The number of rotatable bonds is 5. The van der Waals surface area contributed by atoms with Crippen molar-refractivity contribution in [3.63, 3.8) is 0 Å². The number of benzene rings is 1. The van der Waals surface area contributed by atoms with E-state index < -0.39 is 11.7 Å². The fraction of sp³-hybridized carbons (Fsp3) is 0.308. The number of alkyl halides is 3. The summed E-state index contributed by atoms with van der Waals surface area (Å²) in [5.74, 6) is 0.775. The lowest BCUT2D eigenvalue weighted by atomic mass is 10.2. The predicted molar refractivity (Wildman–Crippen MR) is 73.3 cm³/mol. The highest BCUT2D eigenvalue weighted by atomic mass is 19.4. The van der Waals surface area contributed by atoms with Crippen molar-refractivity contribution in [2.24, 2.45) is 0 Å². The molecule has 0 saturated carbocycles. The van der Waals surface area contributed by atoms with Gasteiger partial charge in [0, 0.05) is 12.2 Å². The molecule has 0 aliphatic rings. The van der Waals surface area contributed by atoms with E-state index in [-0.39, 0.29) is 0 Å². The molecule has 112 valence electrons. The average molecular weight is 297 g/mol. The molecule has 1 aromatic carbocycles. The van der Waals surface area contributed by atoms with Crippen LogP contribution < -0.4 is 10.6 Å². The van der Waals surface area contributed by atoms with Gasteiger partial charge in [0.25, 0.3) is 0 Å². The molecule has 0 radical (unpaired) electrons. The van der Waals surface area contributed by atoms with Crippen LogP contribution in [0.4, 0.5) is 30.6 Å². The zero-order valence-corrected chi connectivity index (χ0v) is 11.3. The highest BCUT2D eigenvalue weighted by molar-refractivity contribution is 5.56. The van der Waals surface area contributed by atoms with Crippen LogP contribution in [0.2, 0.25) is 0 Å². The summed E-state index contributed by atoms with van der Waals surface area (Å²) >= 11 is 0. The van der Waals surface area contributed by atoms with E-state index in [0.29, 0.717) is 24.0 Å². The molecule has 0 aliphatic carbocycles. The van der Waals surface area contributed by atoms with Crippen LogP contribution in [0, 0.1) is 0 Å². The second-order valence-electron chi connectivity index (χ2n) is 4.29. The molecular formula is C13H14F3N5. The minimum absolute atomic E-state index is 0.369. The molecule has 0 fully saturated rings.